The highest BCUT2D eigenvalue weighted by Crippen LogP contribution is 2.25. The van der Waals surface area contributed by atoms with Crippen LogP contribution in [0, 0.1) is 10.1 Å². The molecular formula is C12H17N3O2. The number of hydrogen-bond donors (Lipinski definition) is 1. The minimum Gasteiger partial charge on any atom is -0.352 e. The molecule has 0 aliphatic carbocycles. The third-order valence-electron chi connectivity index (χ3n) is 3.09. The highest BCUT2D eigenvalue weighted by atomic mass is 16.6. The number of hydrogen-bond acceptors (Lipinski definition) is 4. The summed E-state index contributed by atoms with van der Waals surface area (Å²) < 4.78 is 0. The molecule has 0 radical (unpaired) electrons. The molecule has 0 saturated carbocycles. The van der Waals surface area contributed by atoms with Gasteiger partial charge in [0.2, 0.25) is 0 Å². The number of likely N-dealkylation sites (tertiary alicyclic amines) is 1. The van der Waals surface area contributed by atoms with E-state index in [-0.39, 0.29) is 10.6 Å². The van der Waals surface area contributed by atoms with Crippen molar-refractivity contribution in [2.45, 2.75) is 26.2 Å². The quantitative estimate of drug-likeness (QED) is 0.587. The van der Waals surface area contributed by atoms with Crippen molar-refractivity contribution in [3.05, 3.63) is 45.6 Å². The summed E-state index contributed by atoms with van der Waals surface area (Å²) in [6.45, 7) is 7.41. The Morgan fingerprint density at radius 2 is 2.06 bits per heavy atom. The van der Waals surface area contributed by atoms with E-state index in [4.69, 9.17) is 0 Å². The van der Waals surface area contributed by atoms with Crippen LogP contribution in [0.1, 0.15) is 26.2 Å². The van der Waals surface area contributed by atoms with Gasteiger partial charge in [0, 0.05) is 18.8 Å². The van der Waals surface area contributed by atoms with Crippen LogP contribution in [0.3, 0.4) is 0 Å². The second-order valence-corrected chi connectivity index (χ2v) is 4.48. The van der Waals surface area contributed by atoms with Crippen molar-refractivity contribution in [3.8, 4) is 0 Å². The Balaban J connectivity index is 2.34. The van der Waals surface area contributed by atoms with Gasteiger partial charge in [0.1, 0.15) is 0 Å². The lowest BCUT2D eigenvalue weighted by atomic mass is 10.1. The summed E-state index contributed by atoms with van der Waals surface area (Å²) in [6, 6.07) is 0. The minimum absolute atomic E-state index is 0.109. The second kappa shape index (κ2) is 4.61. The third kappa shape index (κ3) is 2.33. The Morgan fingerprint density at radius 1 is 1.41 bits per heavy atom. The fourth-order valence-corrected chi connectivity index (χ4v) is 2.31. The van der Waals surface area contributed by atoms with Crippen molar-refractivity contribution in [2.24, 2.45) is 0 Å². The summed E-state index contributed by atoms with van der Waals surface area (Å²) in [5.74, 6) is 0.611. The van der Waals surface area contributed by atoms with Crippen LogP contribution < -0.4 is 5.32 Å². The van der Waals surface area contributed by atoms with Gasteiger partial charge >= 0.3 is 5.70 Å². The molecule has 2 aliphatic rings. The largest absolute Gasteiger partial charge is 0.352 e. The first kappa shape index (κ1) is 11.7. The van der Waals surface area contributed by atoms with Crippen LogP contribution in [0.5, 0.6) is 0 Å². The number of nitrogens with zero attached hydrogens (tertiary/aromatic N) is 2. The zero-order valence-electron chi connectivity index (χ0n) is 10.0. The van der Waals surface area contributed by atoms with Crippen LogP contribution in [-0.2, 0) is 0 Å². The molecule has 1 fully saturated rings. The van der Waals surface area contributed by atoms with E-state index in [9.17, 15) is 10.1 Å². The predicted octanol–water partition coefficient (Wildman–Crippen LogP) is 1.98. The molecule has 92 valence electrons. The Hall–Kier alpha value is -1.78. The molecule has 0 bridgehead atoms. The van der Waals surface area contributed by atoms with Crippen molar-refractivity contribution < 1.29 is 4.92 Å². The molecule has 2 aliphatic heterocycles. The van der Waals surface area contributed by atoms with Crippen LogP contribution in [-0.4, -0.2) is 22.9 Å². The van der Waals surface area contributed by atoms with E-state index in [0.29, 0.717) is 11.4 Å². The van der Waals surface area contributed by atoms with Crippen molar-refractivity contribution in [1.29, 1.82) is 0 Å². The zero-order valence-corrected chi connectivity index (χ0v) is 10.0. The summed E-state index contributed by atoms with van der Waals surface area (Å²) in [4.78, 5) is 12.8. The molecule has 0 aromatic heterocycles. The third-order valence-corrected chi connectivity index (χ3v) is 3.09. The van der Waals surface area contributed by atoms with Crippen molar-refractivity contribution in [1.82, 2.24) is 10.2 Å². The Morgan fingerprint density at radius 3 is 2.65 bits per heavy atom. The SMILES string of the molecule is C=C1C=C(C)NC(N2CCCCC2)=C1[N+](=O)[O-]. The van der Waals surface area contributed by atoms with Crippen molar-refractivity contribution in [3.63, 3.8) is 0 Å². The van der Waals surface area contributed by atoms with Gasteiger partial charge in [0.25, 0.3) is 0 Å². The first-order chi connectivity index (χ1) is 8.09. The maximum Gasteiger partial charge on any atom is 0.316 e. The van der Waals surface area contributed by atoms with E-state index in [0.717, 1.165) is 31.6 Å². The smallest absolute Gasteiger partial charge is 0.316 e. The Labute approximate surface area is 101 Å². The highest BCUT2D eigenvalue weighted by molar-refractivity contribution is 5.41. The van der Waals surface area contributed by atoms with Crippen LogP contribution in [0.15, 0.2) is 35.4 Å². The van der Waals surface area contributed by atoms with E-state index in [1.54, 1.807) is 6.08 Å². The number of piperidine rings is 1. The molecule has 17 heavy (non-hydrogen) atoms. The number of nitrogens with one attached hydrogen (secondary N) is 1. The monoisotopic (exact) mass is 235 g/mol. The average molecular weight is 235 g/mol. The van der Waals surface area contributed by atoms with Crippen molar-refractivity contribution in [2.75, 3.05) is 13.1 Å². The zero-order chi connectivity index (χ0) is 12.4. The lowest BCUT2D eigenvalue weighted by Crippen LogP contribution is -2.38. The molecule has 0 spiro atoms. The fourth-order valence-electron chi connectivity index (χ4n) is 2.31. The van der Waals surface area contributed by atoms with Crippen LogP contribution in [0.4, 0.5) is 0 Å². The molecule has 0 aromatic rings. The van der Waals surface area contributed by atoms with Crippen LogP contribution in [0.2, 0.25) is 0 Å². The number of dihydropyridines is 1. The maximum atomic E-state index is 11.1. The molecular weight excluding hydrogens is 218 g/mol. The molecule has 5 heteroatoms. The van der Waals surface area contributed by atoms with Gasteiger partial charge in [-0.05, 0) is 32.3 Å². The van der Waals surface area contributed by atoms with E-state index in [2.05, 4.69) is 16.8 Å². The molecule has 0 unspecified atom stereocenters. The molecule has 1 N–H and O–H groups in total. The Bertz CT molecular complexity index is 417. The van der Waals surface area contributed by atoms with Gasteiger partial charge in [-0.2, -0.15) is 0 Å². The van der Waals surface area contributed by atoms with Crippen LogP contribution in [0.25, 0.3) is 0 Å². The topological polar surface area (TPSA) is 58.4 Å². The summed E-state index contributed by atoms with van der Waals surface area (Å²) in [5.41, 5.74) is 1.49. The summed E-state index contributed by atoms with van der Waals surface area (Å²) >= 11 is 0. The lowest BCUT2D eigenvalue weighted by Gasteiger charge is -2.32. The lowest BCUT2D eigenvalue weighted by molar-refractivity contribution is -0.423. The van der Waals surface area contributed by atoms with E-state index >= 15 is 0 Å². The summed E-state index contributed by atoms with van der Waals surface area (Å²) in [5, 5.41) is 14.2. The first-order valence-electron chi connectivity index (χ1n) is 5.88. The van der Waals surface area contributed by atoms with Gasteiger partial charge in [-0.25, -0.2) is 0 Å². The summed E-state index contributed by atoms with van der Waals surface area (Å²) in [6.07, 6.45) is 5.09. The van der Waals surface area contributed by atoms with Gasteiger partial charge in [-0.15, -0.1) is 0 Å². The molecule has 2 heterocycles. The summed E-state index contributed by atoms with van der Waals surface area (Å²) in [7, 11) is 0. The highest BCUT2D eigenvalue weighted by Gasteiger charge is 2.29. The average Bonchev–Trinajstić information content (AvgIpc) is 2.28. The fraction of sp³-hybridized carbons (Fsp3) is 0.500. The number of allylic oxidation sites excluding steroid dienone is 2. The van der Waals surface area contributed by atoms with E-state index in [1.165, 1.54) is 6.42 Å². The van der Waals surface area contributed by atoms with Crippen molar-refractivity contribution >= 4 is 0 Å². The molecule has 0 atom stereocenters. The van der Waals surface area contributed by atoms with E-state index in [1.807, 2.05) is 6.92 Å². The van der Waals surface area contributed by atoms with Gasteiger partial charge in [-0.1, -0.05) is 6.58 Å². The minimum atomic E-state index is -0.345. The molecule has 2 rings (SSSR count). The van der Waals surface area contributed by atoms with Gasteiger partial charge in [-0.3, -0.25) is 10.1 Å². The standard InChI is InChI=1S/C12H17N3O2/c1-9-8-10(2)13-12(11(9)15(16)17)14-6-4-3-5-7-14/h8,13H,1,3-7H2,2H3. The van der Waals surface area contributed by atoms with E-state index < -0.39 is 0 Å². The maximum absolute atomic E-state index is 11.1. The molecule has 0 amide bonds. The van der Waals surface area contributed by atoms with Gasteiger partial charge in [0.15, 0.2) is 5.82 Å². The Kier molecular flexibility index (Phi) is 3.17. The number of rotatable bonds is 2. The van der Waals surface area contributed by atoms with Crippen LogP contribution >= 0.6 is 0 Å². The molecule has 0 aromatic carbocycles. The molecule has 1 saturated heterocycles. The second-order valence-electron chi connectivity index (χ2n) is 4.48. The first-order valence-corrected chi connectivity index (χ1v) is 5.88. The number of nitro groups is 1. The van der Waals surface area contributed by atoms with Gasteiger partial charge in [0.05, 0.1) is 10.5 Å². The normalized spacial score (nSPS) is 21.1. The van der Waals surface area contributed by atoms with Gasteiger partial charge < -0.3 is 10.2 Å². The predicted molar refractivity (Wildman–Crippen MR) is 65.5 cm³/mol. The molecule has 5 nitrogen and oxygen atoms in total.